The second-order valence-electron chi connectivity index (χ2n) is 4.28. The fourth-order valence-corrected chi connectivity index (χ4v) is 2.62. The molecule has 1 aliphatic rings. The predicted octanol–water partition coefficient (Wildman–Crippen LogP) is 2.73. The number of nitrogens with one attached hydrogen (secondary N) is 1. The van der Waals surface area contributed by atoms with Crippen LogP contribution in [0.3, 0.4) is 0 Å². The molecule has 1 unspecified atom stereocenters. The lowest BCUT2D eigenvalue weighted by molar-refractivity contribution is -0.142. The summed E-state index contributed by atoms with van der Waals surface area (Å²) in [6, 6.07) is 7.87. The zero-order chi connectivity index (χ0) is 13.0. The van der Waals surface area contributed by atoms with E-state index in [4.69, 9.17) is 16.3 Å². The third kappa shape index (κ3) is 4.19. The molecule has 0 spiro atoms. The van der Waals surface area contributed by atoms with Crippen molar-refractivity contribution in [3.8, 4) is 0 Å². The van der Waals surface area contributed by atoms with Crippen LogP contribution in [0.2, 0.25) is 5.02 Å². The molecule has 3 nitrogen and oxygen atoms in total. The first-order valence-electron chi connectivity index (χ1n) is 5.91. The second-order valence-corrected chi connectivity index (χ2v) is 5.81. The number of methoxy groups -OCH3 is 1. The van der Waals surface area contributed by atoms with Gasteiger partial charge in [-0.05, 0) is 37.1 Å². The molecule has 98 valence electrons. The van der Waals surface area contributed by atoms with Crippen LogP contribution in [0.25, 0.3) is 0 Å². The Balaban J connectivity index is 1.87. The van der Waals surface area contributed by atoms with Crippen molar-refractivity contribution < 1.29 is 9.53 Å². The first kappa shape index (κ1) is 13.7. The van der Waals surface area contributed by atoms with Gasteiger partial charge in [-0.2, -0.15) is 0 Å². The zero-order valence-corrected chi connectivity index (χ0v) is 11.8. The monoisotopic (exact) mass is 285 g/mol. The Morgan fingerprint density at radius 1 is 1.50 bits per heavy atom. The molecule has 18 heavy (non-hydrogen) atoms. The maximum absolute atomic E-state index is 11.6. The minimum Gasteiger partial charge on any atom is -0.468 e. The number of ether oxygens (including phenoxy) is 1. The van der Waals surface area contributed by atoms with E-state index in [1.807, 2.05) is 24.3 Å². The summed E-state index contributed by atoms with van der Waals surface area (Å²) in [5.74, 6) is 0.480. The quantitative estimate of drug-likeness (QED) is 0.644. The van der Waals surface area contributed by atoms with E-state index in [-0.39, 0.29) is 12.0 Å². The summed E-state index contributed by atoms with van der Waals surface area (Å²) in [5.41, 5.74) is 0. The van der Waals surface area contributed by atoms with Crippen molar-refractivity contribution in [2.24, 2.45) is 0 Å². The molecule has 1 N–H and O–H groups in total. The minimum absolute atomic E-state index is 0.191. The van der Waals surface area contributed by atoms with Crippen molar-refractivity contribution in [1.29, 1.82) is 0 Å². The van der Waals surface area contributed by atoms with Gasteiger partial charge in [-0.15, -0.1) is 11.8 Å². The van der Waals surface area contributed by atoms with Crippen LogP contribution in [0.5, 0.6) is 0 Å². The van der Waals surface area contributed by atoms with Crippen molar-refractivity contribution in [1.82, 2.24) is 5.32 Å². The molecule has 2 rings (SSSR count). The molecule has 1 fully saturated rings. The molecule has 5 heteroatoms. The van der Waals surface area contributed by atoms with E-state index >= 15 is 0 Å². The maximum Gasteiger partial charge on any atom is 0.323 e. The molecule has 1 aromatic rings. The van der Waals surface area contributed by atoms with Crippen LogP contribution in [0.4, 0.5) is 0 Å². The number of hydrogen-bond acceptors (Lipinski definition) is 4. The van der Waals surface area contributed by atoms with Crippen LogP contribution >= 0.6 is 23.4 Å². The van der Waals surface area contributed by atoms with E-state index in [2.05, 4.69) is 5.32 Å². The van der Waals surface area contributed by atoms with Crippen LogP contribution in [-0.2, 0) is 9.53 Å². The van der Waals surface area contributed by atoms with E-state index in [1.165, 1.54) is 7.11 Å². The van der Waals surface area contributed by atoms with E-state index in [9.17, 15) is 4.79 Å². The summed E-state index contributed by atoms with van der Waals surface area (Å²) in [7, 11) is 1.43. The highest BCUT2D eigenvalue weighted by Gasteiger charge is 2.28. The first-order valence-corrected chi connectivity index (χ1v) is 7.27. The first-order chi connectivity index (χ1) is 8.69. The van der Waals surface area contributed by atoms with E-state index in [0.29, 0.717) is 11.8 Å². The third-order valence-corrected chi connectivity index (χ3v) is 4.09. The lowest BCUT2D eigenvalue weighted by atomic mass is 10.3. The van der Waals surface area contributed by atoms with Gasteiger partial charge in [0.25, 0.3) is 0 Å². The molecule has 0 heterocycles. The highest BCUT2D eigenvalue weighted by Crippen LogP contribution is 2.24. The highest BCUT2D eigenvalue weighted by molar-refractivity contribution is 7.99. The highest BCUT2D eigenvalue weighted by atomic mass is 35.5. The van der Waals surface area contributed by atoms with Crippen molar-refractivity contribution in [3.05, 3.63) is 29.3 Å². The van der Waals surface area contributed by atoms with Gasteiger partial charge in [-0.25, -0.2) is 0 Å². The molecular formula is C13H16ClNO2S. The zero-order valence-electron chi connectivity index (χ0n) is 10.2. The second kappa shape index (κ2) is 6.45. The number of thioether (sulfide) groups is 1. The van der Waals surface area contributed by atoms with E-state index < -0.39 is 0 Å². The van der Waals surface area contributed by atoms with Gasteiger partial charge in [-0.3, -0.25) is 4.79 Å². The fourth-order valence-electron chi connectivity index (χ4n) is 1.57. The van der Waals surface area contributed by atoms with Crippen LogP contribution in [0.15, 0.2) is 29.2 Å². The molecule has 1 saturated carbocycles. The summed E-state index contributed by atoms with van der Waals surface area (Å²) < 4.78 is 4.81. The van der Waals surface area contributed by atoms with E-state index in [0.717, 1.165) is 22.8 Å². The summed E-state index contributed by atoms with van der Waals surface area (Å²) in [6.07, 6.45) is 2.30. The van der Waals surface area contributed by atoms with Crippen LogP contribution in [0, 0.1) is 0 Å². The standard InChI is InChI=1S/C13H16ClNO2S/c1-17-13(16)12(15-10-4-5-10)8-18-11-6-2-9(14)3-7-11/h2-3,6-7,10,12,15H,4-5,8H2,1H3. The number of carbonyl (C=O) groups is 1. The molecule has 1 aromatic carbocycles. The topological polar surface area (TPSA) is 38.3 Å². The summed E-state index contributed by atoms with van der Waals surface area (Å²) >= 11 is 7.46. The number of benzene rings is 1. The molecular weight excluding hydrogens is 270 g/mol. The normalized spacial score (nSPS) is 16.3. The summed E-state index contributed by atoms with van der Waals surface area (Å²) in [6.45, 7) is 0. The van der Waals surface area contributed by atoms with Crippen LogP contribution in [-0.4, -0.2) is 30.9 Å². The van der Waals surface area contributed by atoms with Crippen molar-refractivity contribution >= 4 is 29.3 Å². The Labute approximate surface area is 116 Å². The number of halogens is 1. The molecule has 0 bridgehead atoms. The molecule has 1 aliphatic carbocycles. The Morgan fingerprint density at radius 3 is 2.72 bits per heavy atom. The van der Waals surface area contributed by atoms with Crippen LogP contribution < -0.4 is 5.32 Å². The average Bonchev–Trinajstić information content (AvgIpc) is 3.19. The molecule has 0 amide bonds. The van der Waals surface area contributed by atoms with Crippen molar-refractivity contribution in [3.63, 3.8) is 0 Å². The van der Waals surface area contributed by atoms with Crippen LogP contribution in [0.1, 0.15) is 12.8 Å². The number of carbonyl (C=O) groups excluding carboxylic acids is 1. The fraction of sp³-hybridized carbons (Fsp3) is 0.462. The smallest absolute Gasteiger partial charge is 0.323 e. The molecule has 0 aliphatic heterocycles. The van der Waals surface area contributed by atoms with Crippen molar-refractivity contribution in [2.45, 2.75) is 29.8 Å². The minimum atomic E-state index is -0.233. The number of esters is 1. The van der Waals surface area contributed by atoms with Gasteiger partial charge in [0, 0.05) is 21.7 Å². The van der Waals surface area contributed by atoms with Gasteiger partial charge < -0.3 is 10.1 Å². The van der Waals surface area contributed by atoms with Crippen molar-refractivity contribution in [2.75, 3.05) is 12.9 Å². The molecule has 0 saturated heterocycles. The maximum atomic E-state index is 11.6. The van der Waals surface area contributed by atoms with Gasteiger partial charge in [-0.1, -0.05) is 11.6 Å². The van der Waals surface area contributed by atoms with Gasteiger partial charge in [0.15, 0.2) is 0 Å². The summed E-state index contributed by atoms with van der Waals surface area (Å²) in [5, 5.41) is 4.02. The predicted molar refractivity (Wildman–Crippen MR) is 74.1 cm³/mol. The Kier molecular flexibility index (Phi) is 4.92. The van der Waals surface area contributed by atoms with Gasteiger partial charge >= 0.3 is 5.97 Å². The Morgan fingerprint density at radius 2 is 2.17 bits per heavy atom. The SMILES string of the molecule is COC(=O)C(CSc1ccc(Cl)cc1)NC1CC1. The molecule has 0 radical (unpaired) electrons. The lowest BCUT2D eigenvalue weighted by Gasteiger charge is -2.15. The number of hydrogen-bond donors (Lipinski definition) is 1. The van der Waals surface area contributed by atoms with Gasteiger partial charge in [0.05, 0.1) is 7.11 Å². The average molecular weight is 286 g/mol. The summed E-state index contributed by atoms with van der Waals surface area (Å²) in [4.78, 5) is 12.7. The third-order valence-electron chi connectivity index (χ3n) is 2.73. The van der Waals surface area contributed by atoms with E-state index in [1.54, 1.807) is 11.8 Å². The molecule has 0 aromatic heterocycles. The van der Waals surface area contributed by atoms with Gasteiger partial charge in [0.2, 0.25) is 0 Å². The largest absolute Gasteiger partial charge is 0.468 e. The lowest BCUT2D eigenvalue weighted by Crippen LogP contribution is -2.40. The Bertz CT molecular complexity index is 406. The van der Waals surface area contributed by atoms with Gasteiger partial charge in [0.1, 0.15) is 6.04 Å². The number of rotatable bonds is 6. The molecule has 1 atom stereocenters. The Hall–Kier alpha value is -0.710.